The Bertz CT molecular complexity index is 353. The Balaban J connectivity index is 2.65. The molecule has 0 radical (unpaired) electrons. The minimum Gasteiger partial charge on any atom is -0.303 e. The van der Waals surface area contributed by atoms with Crippen molar-refractivity contribution in [1.29, 1.82) is 0 Å². The molecule has 3 heteroatoms. The molecule has 3 nitrogen and oxygen atoms in total. The lowest BCUT2D eigenvalue weighted by molar-refractivity contribution is 0.320. The largest absolute Gasteiger partial charge is 0.303 e. The third-order valence-corrected chi connectivity index (χ3v) is 3.55. The number of aromatic nitrogens is 2. The molecule has 0 bridgehead atoms. The van der Waals surface area contributed by atoms with E-state index in [-0.39, 0.29) is 5.56 Å². The molecule has 0 saturated heterocycles. The fourth-order valence-corrected chi connectivity index (χ4v) is 2.23. The van der Waals surface area contributed by atoms with Gasteiger partial charge in [-0.3, -0.25) is 9.48 Å². The van der Waals surface area contributed by atoms with Crippen LogP contribution in [0.15, 0.2) is 17.1 Å². The van der Waals surface area contributed by atoms with Crippen LogP contribution in [0.25, 0.3) is 0 Å². The zero-order valence-electron chi connectivity index (χ0n) is 11.4. The molecule has 0 fully saturated rings. The van der Waals surface area contributed by atoms with Crippen molar-refractivity contribution in [3.63, 3.8) is 0 Å². The van der Waals surface area contributed by atoms with Crippen LogP contribution in [0.3, 0.4) is 0 Å². The summed E-state index contributed by atoms with van der Waals surface area (Å²) in [4.78, 5) is 11.7. The van der Waals surface area contributed by atoms with Crippen molar-refractivity contribution in [1.82, 2.24) is 9.78 Å². The van der Waals surface area contributed by atoms with Gasteiger partial charge in [-0.2, -0.15) is 0 Å². The predicted molar refractivity (Wildman–Crippen MR) is 72.3 cm³/mol. The predicted octanol–water partition coefficient (Wildman–Crippen LogP) is 3.73. The zero-order chi connectivity index (χ0) is 12.7. The van der Waals surface area contributed by atoms with Gasteiger partial charge in [0, 0.05) is 12.3 Å². The molecule has 0 aliphatic heterocycles. The van der Waals surface area contributed by atoms with Gasteiger partial charge in [0.05, 0.1) is 6.04 Å². The van der Waals surface area contributed by atoms with Crippen molar-refractivity contribution >= 4 is 0 Å². The molecular weight excluding hydrogens is 212 g/mol. The Kier molecular flexibility index (Phi) is 6.09. The van der Waals surface area contributed by atoms with Crippen LogP contribution >= 0.6 is 0 Å². The summed E-state index contributed by atoms with van der Waals surface area (Å²) >= 11 is 0. The minimum absolute atomic E-state index is 0.106. The van der Waals surface area contributed by atoms with Gasteiger partial charge in [0.1, 0.15) is 0 Å². The Hall–Kier alpha value is -0.990. The number of hydrogen-bond donors (Lipinski definition) is 1. The Morgan fingerprint density at radius 2 is 2.12 bits per heavy atom. The first-order valence-corrected chi connectivity index (χ1v) is 6.94. The van der Waals surface area contributed by atoms with E-state index in [9.17, 15) is 4.79 Å². The second-order valence-corrected chi connectivity index (χ2v) is 5.07. The molecule has 1 aromatic rings. The van der Waals surface area contributed by atoms with E-state index in [1.54, 1.807) is 12.3 Å². The van der Waals surface area contributed by atoms with Crippen molar-refractivity contribution < 1.29 is 0 Å². The van der Waals surface area contributed by atoms with Gasteiger partial charge in [-0.05, 0) is 18.8 Å². The summed E-state index contributed by atoms with van der Waals surface area (Å²) < 4.78 is 1.81. The SMILES string of the molecule is CCCCCC(CC(C)CC)n1[nH]ccc1=O. The van der Waals surface area contributed by atoms with Gasteiger partial charge >= 0.3 is 0 Å². The number of rotatable bonds is 8. The van der Waals surface area contributed by atoms with Crippen molar-refractivity contribution in [2.75, 3.05) is 0 Å². The molecule has 0 aliphatic rings. The first-order chi connectivity index (χ1) is 8.19. The van der Waals surface area contributed by atoms with E-state index in [0.29, 0.717) is 12.0 Å². The lowest BCUT2D eigenvalue weighted by Gasteiger charge is -2.21. The van der Waals surface area contributed by atoms with E-state index in [2.05, 4.69) is 25.9 Å². The molecule has 0 aromatic carbocycles. The first-order valence-electron chi connectivity index (χ1n) is 6.94. The zero-order valence-corrected chi connectivity index (χ0v) is 11.4. The summed E-state index contributed by atoms with van der Waals surface area (Å²) in [6.45, 7) is 6.69. The highest BCUT2D eigenvalue weighted by Crippen LogP contribution is 2.23. The van der Waals surface area contributed by atoms with E-state index in [0.717, 1.165) is 12.8 Å². The average Bonchev–Trinajstić information content (AvgIpc) is 2.74. The molecule has 2 unspecified atom stereocenters. The molecule has 0 amide bonds. The van der Waals surface area contributed by atoms with E-state index in [1.807, 2.05) is 4.68 Å². The normalized spacial score (nSPS) is 14.8. The smallest absolute Gasteiger partial charge is 0.266 e. The van der Waals surface area contributed by atoms with Gasteiger partial charge in [-0.15, -0.1) is 0 Å². The highest BCUT2D eigenvalue weighted by molar-refractivity contribution is 4.84. The number of nitrogens with one attached hydrogen (secondary N) is 1. The number of nitrogens with zero attached hydrogens (tertiary/aromatic N) is 1. The van der Waals surface area contributed by atoms with E-state index in [1.165, 1.54) is 25.7 Å². The monoisotopic (exact) mass is 238 g/mol. The highest BCUT2D eigenvalue weighted by Gasteiger charge is 2.15. The third kappa shape index (κ3) is 4.41. The van der Waals surface area contributed by atoms with Crippen molar-refractivity contribution in [3.05, 3.63) is 22.6 Å². The summed E-state index contributed by atoms with van der Waals surface area (Å²) in [5.74, 6) is 0.678. The fourth-order valence-electron chi connectivity index (χ4n) is 2.23. The third-order valence-electron chi connectivity index (χ3n) is 3.55. The molecule has 0 aliphatic carbocycles. The van der Waals surface area contributed by atoms with Gasteiger partial charge in [-0.25, -0.2) is 0 Å². The maximum atomic E-state index is 11.7. The van der Waals surface area contributed by atoms with E-state index >= 15 is 0 Å². The second kappa shape index (κ2) is 7.36. The Morgan fingerprint density at radius 1 is 1.35 bits per heavy atom. The minimum atomic E-state index is 0.106. The number of unbranched alkanes of at least 4 members (excludes halogenated alkanes) is 2. The van der Waals surface area contributed by atoms with Gasteiger partial charge in [0.25, 0.3) is 5.56 Å². The highest BCUT2D eigenvalue weighted by atomic mass is 16.1. The van der Waals surface area contributed by atoms with Crippen LogP contribution in [0.2, 0.25) is 0 Å². The summed E-state index contributed by atoms with van der Waals surface area (Å²) in [6.07, 6.45) is 8.83. The van der Waals surface area contributed by atoms with Gasteiger partial charge in [0.15, 0.2) is 0 Å². The van der Waals surface area contributed by atoms with Crippen LogP contribution in [0.4, 0.5) is 0 Å². The van der Waals surface area contributed by atoms with Crippen molar-refractivity contribution in [3.8, 4) is 0 Å². The van der Waals surface area contributed by atoms with Crippen LogP contribution < -0.4 is 5.56 Å². The van der Waals surface area contributed by atoms with Crippen molar-refractivity contribution in [2.24, 2.45) is 5.92 Å². The summed E-state index contributed by atoms with van der Waals surface area (Å²) in [5, 5.41) is 3.07. The Labute approximate surface area is 104 Å². The van der Waals surface area contributed by atoms with Gasteiger partial charge in [0.2, 0.25) is 0 Å². The quantitative estimate of drug-likeness (QED) is 0.688. The second-order valence-electron chi connectivity index (χ2n) is 5.07. The van der Waals surface area contributed by atoms with E-state index < -0.39 is 0 Å². The van der Waals surface area contributed by atoms with Gasteiger partial charge < -0.3 is 5.10 Å². The molecular formula is C14H26N2O. The maximum absolute atomic E-state index is 11.7. The fraction of sp³-hybridized carbons (Fsp3) is 0.786. The molecule has 1 aromatic heterocycles. The average molecular weight is 238 g/mol. The first kappa shape index (κ1) is 14.1. The molecule has 2 atom stereocenters. The molecule has 17 heavy (non-hydrogen) atoms. The lowest BCUT2D eigenvalue weighted by atomic mass is 9.95. The summed E-state index contributed by atoms with van der Waals surface area (Å²) in [5.41, 5.74) is 0.106. The molecule has 1 N–H and O–H groups in total. The number of H-pyrrole nitrogens is 1. The molecule has 0 saturated carbocycles. The molecule has 0 spiro atoms. The van der Waals surface area contributed by atoms with Crippen LogP contribution in [-0.4, -0.2) is 9.78 Å². The van der Waals surface area contributed by atoms with Crippen LogP contribution in [0.1, 0.15) is 65.3 Å². The summed E-state index contributed by atoms with van der Waals surface area (Å²) in [6, 6.07) is 1.96. The number of aromatic amines is 1. The lowest BCUT2D eigenvalue weighted by Crippen LogP contribution is -2.23. The van der Waals surface area contributed by atoms with Crippen LogP contribution in [0, 0.1) is 5.92 Å². The molecule has 98 valence electrons. The maximum Gasteiger partial charge on any atom is 0.266 e. The Morgan fingerprint density at radius 3 is 2.65 bits per heavy atom. The van der Waals surface area contributed by atoms with Crippen LogP contribution in [-0.2, 0) is 0 Å². The van der Waals surface area contributed by atoms with E-state index in [4.69, 9.17) is 0 Å². The van der Waals surface area contributed by atoms with Crippen molar-refractivity contribution in [2.45, 2.75) is 65.3 Å². The number of hydrogen-bond acceptors (Lipinski definition) is 1. The standard InChI is InChI=1S/C14H26N2O/c1-4-6-7-8-13(11-12(3)5-2)16-14(17)9-10-15-16/h9-10,12-13,15H,4-8,11H2,1-3H3. The molecule has 1 rings (SSSR count). The van der Waals surface area contributed by atoms with Crippen LogP contribution in [0.5, 0.6) is 0 Å². The summed E-state index contributed by atoms with van der Waals surface area (Å²) in [7, 11) is 0. The topological polar surface area (TPSA) is 37.8 Å². The molecule has 1 heterocycles. The van der Waals surface area contributed by atoms with Gasteiger partial charge in [-0.1, -0.05) is 46.5 Å².